The summed E-state index contributed by atoms with van der Waals surface area (Å²) in [5, 5.41) is 8.02. The van der Waals surface area contributed by atoms with Crippen LogP contribution < -0.4 is 10.6 Å². The van der Waals surface area contributed by atoms with E-state index in [1.807, 2.05) is 6.07 Å². The molecule has 4 heterocycles. The fourth-order valence-electron chi connectivity index (χ4n) is 5.48. The third-order valence-corrected chi connectivity index (χ3v) is 9.28. The highest BCUT2D eigenvalue weighted by Gasteiger charge is 2.53. The number of thiazole rings is 1. The van der Waals surface area contributed by atoms with Gasteiger partial charge in [0.05, 0.1) is 17.8 Å². The molecule has 3 amide bonds. The van der Waals surface area contributed by atoms with E-state index < -0.39 is 11.6 Å². The molecule has 0 radical (unpaired) electrons. The number of fused-ring (bicyclic) bond motifs is 2. The summed E-state index contributed by atoms with van der Waals surface area (Å²) in [6.45, 7) is 2.42. The lowest BCUT2D eigenvalue weighted by atomic mass is 9.97. The molecule has 40 heavy (non-hydrogen) atoms. The minimum absolute atomic E-state index is 0. The predicted molar refractivity (Wildman–Crippen MR) is 155 cm³/mol. The SMILES string of the molecule is COC1(C(=O)N2CCC(NC(=O)c3cc4cc(Cl)ccc4[nH]3)C(NC(=O)c3nc4c(s3)CN(C)CC4)C2)CC1.Cl. The van der Waals surface area contributed by atoms with Crippen LogP contribution in [0, 0.1) is 0 Å². The number of carbonyl (C=O) groups excluding carboxylic acids is 3. The molecule has 1 aliphatic carbocycles. The number of rotatable bonds is 6. The van der Waals surface area contributed by atoms with Crippen LogP contribution in [0.2, 0.25) is 5.02 Å². The first kappa shape index (κ1) is 28.8. The first-order valence-corrected chi connectivity index (χ1v) is 14.4. The smallest absolute Gasteiger partial charge is 0.280 e. The molecule has 3 aliphatic rings. The van der Waals surface area contributed by atoms with Crippen molar-refractivity contribution in [3.8, 4) is 0 Å². The molecule has 2 aliphatic heterocycles. The van der Waals surface area contributed by atoms with Gasteiger partial charge in [0.2, 0.25) is 0 Å². The summed E-state index contributed by atoms with van der Waals surface area (Å²) in [6.07, 6.45) is 2.70. The van der Waals surface area contributed by atoms with Crippen molar-refractivity contribution in [2.75, 3.05) is 33.8 Å². The quantitative estimate of drug-likeness (QED) is 0.397. The van der Waals surface area contributed by atoms with Gasteiger partial charge in [-0.05, 0) is 50.6 Å². The summed E-state index contributed by atoms with van der Waals surface area (Å²) in [4.78, 5) is 52.7. The van der Waals surface area contributed by atoms with E-state index in [4.69, 9.17) is 16.3 Å². The minimum atomic E-state index is -0.753. The molecule has 3 aromatic rings. The molecule has 0 bridgehead atoms. The topological polar surface area (TPSA) is 120 Å². The van der Waals surface area contributed by atoms with Gasteiger partial charge >= 0.3 is 0 Å². The maximum atomic E-state index is 13.4. The number of aromatic amines is 1. The number of nitrogens with one attached hydrogen (secondary N) is 3. The fraction of sp³-hybridized carbons (Fsp3) is 0.481. The molecule has 1 aromatic carbocycles. The van der Waals surface area contributed by atoms with Crippen molar-refractivity contribution in [1.29, 1.82) is 0 Å². The number of likely N-dealkylation sites (N-methyl/N-ethyl adjacent to an activating group) is 1. The van der Waals surface area contributed by atoms with Crippen LogP contribution >= 0.6 is 35.3 Å². The van der Waals surface area contributed by atoms with E-state index >= 15 is 0 Å². The van der Waals surface area contributed by atoms with E-state index in [9.17, 15) is 14.4 Å². The second-order valence-corrected chi connectivity index (χ2v) is 12.2. The van der Waals surface area contributed by atoms with Gasteiger partial charge < -0.3 is 30.2 Å². The van der Waals surface area contributed by atoms with Crippen LogP contribution in [-0.2, 0) is 22.5 Å². The molecule has 1 saturated carbocycles. The number of piperidine rings is 1. The molecule has 13 heteroatoms. The van der Waals surface area contributed by atoms with Crippen LogP contribution in [0.25, 0.3) is 10.9 Å². The number of likely N-dealkylation sites (tertiary alicyclic amines) is 1. The molecule has 214 valence electrons. The first-order chi connectivity index (χ1) is 18.7. The highest BCUT2D eigenvalue weighted by Crippen LogP contribution is 2.41. The molecule has 6 rings (SSSR count). The number of halogens is 2. The summed E-state index contributed by atoms with van der Waals surface area (Å²) in [5.41, 5.74) is 1.44. The number of benzene rings is 1. The number of carbonyl (C=O) groups is 3. The van der Waals surface area contributed by atoms with Gasteiger partial charge in [0, 0.05) is 60.5 Å². The average Bonchev–Trinajstić information content (AvgIpc) is 3.42. The number of amides is 3. The van der Waals surface area contributed by atoms with E-state index in [-0.39, 0.29) is 42.7 Å². The molecule has 1 saturated heterocycles. The number of nitrogens with zero attached hydrogens (tertiary/aromatic N) is 3. The van der Waals surface area contributed by atoms with Crippen LogP contribution in [-0.4, -0.2) is 89.0 Å². The van der Waals surface area contributed by atoms with Crippen molar-refractivity contribution in [1.82, 2.24) is 30.4 Å². The summed E-state index contributed by atoms with van der Waals surface area (Å²) in [5.74, 6) is -0.632. The zero-order valence-electron chi connectivity index (χ0n) is 22.3. The number of hydrogen-bond acceptors (Lipinski definition) is 7. The van der Waals surface area contributed by atoms with Gasteiger partial charge in [-0.2, -0.15) is 0 Å². The van der Waals surface area contributed by atoms with Gasteiger partial charge in [0.25, 0.3) is 17.7 Å². The molecule has 3 N–H and O–H groups in total. The molecule has 10 nitrogen and oxygen atoms in total. The van der Waals surface area contributed by atoms with Crippen molar-refractivity contribution in [3.05, 3.63) is 50.6 Å². The normalized spacial score (nSPS) is 21.8. The number of ether oxygens (including phenoxy) is 1. The Morgan fingerprint density at radius 3 is 2.67 bits per heavy atom. The maximum absolute atomic E-state index is 13.4. The van der Waals surface area contributed by atoms with Crippen LogP contribution in [0.5, 0.6) is 0 Å². The maximum Gasteiger partial charge on any atom is 0.280 e. The fourth-order valence-corrected chi connectivity index (χ4v) is 6.76. The van der Waals surface area contributed by atoms with Crippen LogP contribution in [0.15, 0.2) is 24.3 Å². The standard InChI is InChI=1S/C27H31ClN6O4S.ClH/c1-33-9-5-19-22(14-33)39-25(32-19)24(36)31-21-13-34(26(37)27(38-2)7-8-27)10-6-18(21)30-23(35)20-12-15-11-16(28)3-4-17(15)29-20;/h3-4,11-12,18,21,29H,5-10,13-14H2,1-2H3,(H,30,35)(H,31,36);1H. The van der Waals surface area contributed by atoms with Gasteiger partial charge in [-0.15, -0.1) is 23.7 Å². The van der Waals surface area contributed by atoms with Gasteiger partial charge in [-0.25, -0.2) is 4.98 Å². The monoisotopic (exact) mass is 606 g/mol. The predicted octanol–water partition coefficient (Wildman–Crippen LogP) is 3.00. The second kappa shape index (κ2) is 11.3. The van der Waals surface area contributed by atoms with E-state index in [1.54, 1.807) is 30.2 Å². The molecular formula is C27H32Cl2N6O4S. The number of hydrogen-bond donors (Lipinski definition) is 3. The molecule has 0 spiro atoms. The molecule has 2 aromatic heterocycles. The summed E-state index contributed by atoms with van der Waals surface area (Å²) < 4.78 is 5.52. The molecule has 2 atom stereocenters. The van der Waals surface area contributed by atoms with E-state index in [1.165, 1.54) is 11.3 Å². The van der Waals surface area contributed by atoms with E-state index in [0.717, 1.165) is 41.0 Å². The molecular weight excluding hydrogens is 575 g/mol. The van der Waals surface area contributed by atoms with Crippen molar-refractivity contribution in [3.63, 3.8) is 0 Å². The average molecular weight is 608 g/mol. The summed E-state index contributed by atoms with van der Waals surface area (Å²) in [7, 11) is 3.62. The minimum Gasteiger partial charge on any atom is -0.368 e. The van der Waals surface area contributed by atoms with Crippen LogP contribution in [0.3, 0.4) is 0 Å². The Labute approximate surface area is 247 Å². The Hall–Kier alpha value is -2.70. The van der Waals surface area contributed by atoms with Crippen molar-refractivity contribution < 1.29 is 19.1 Å². The summed E-state index contributed by atoms with van der Waals surface area (Å²) >= 11 is 7.51. The van der Waals surface area contributed by atoms with Gasteiger partial charge in [0.1, 0.15) is 11.3 Å². The third-order valence-electron chi connectivity index (χ3n) is 7.96. The lowest BCUT2D eigenvalue weighted by Crippen LogP contribution is -2.62. The van der Waals surface area contributed by atoms with Crippen molar-refractivity contribution >= 4 is 64.0 Å². The Morgan fingerprint density at radius 1 is 1.15 bits per heavy atom. The lowest BCUT2D eigenvalue weighted by molar-refractivity contribution is -0.146. The second-order valence-electron chi connectivity index (χ2n) is 10.7. The zero-order chi connectivity index (χ0) is 27.3. The molecule has 2 unspecified atom stereocenters. The number of aromatic nitrogens is 2. The molecule has 2 fully saturated rings. The van der Waals surface area contributed by atoms with Crippen molar-refractivity contribution in [2.24, 2.45) is 0 Å². The lowest BCUT2D eigenvalue weighted by Gasteiger charge is -2.40. The third kappa shape index (κ3) is 5.58. The van der Waals surface area contributed by atoms with Gasteiger partial charge in [-0.3, -0.25) is 14.4 Å². The Balaban J connectivity index is 0.00000323. The van der Waals surface area contributed by atoms with Crippen LogP contribution in [0.1, 0.15) is 50.1 Å². The largest absolute Gasteiger partial charge is 0.368 e. The first-order valence-electron chi connectivity index (χ1n) is 13.2. The van der Waals surface area contributed by atoms with E-state index in [2.05, 4.69) is 32.5 Å². The van der Waals surface area contributed by atoms with Crippen molar-refractivity contribution in [2.45, 2.75) is 49.9 Å². The highest BCUT2D eigenvalue weighted by atomic mass is 35.5. The number of H-pyrrole nitrogens is 1. The Morgan fingerprint density at radius 2 is 1.93 bits per heavy atom. The van der Waals surface area contributed by atoms with Gasteiger partial charge in [0.15, 0.2) is 5.01 Å². The van der Waals surface area contributed by atoms with E-state index in [0.29, 0.717) is 41.5 Å². The Kier molecular flexibility index (Phi) is 8.13. The summed E-state index contributed by atoms with van der Waals surface area (Å²) in [6, 6.07) is 6.28. The van der Waals surface area contributed by atoms with Gasteiger partial charge in [-0.1, -0.05) is 11.6 Å². The Bertz CT molecular complexity index is 1450. The highest BCUT2D eigenvalue weighted by molar-refractivity contribution is 7.13. The number of methoxy groups -OCH3 is 1. The van der Waals surface area contributed by atoms with Crippen LogP contribution in [0.4, 0.5) is 0 Å². The zero-order valence-corrected chi connectivity index (χ0v) is 24.7.